The van der Waals surface area contributed by atoms with Gasteiger partial charge in [-0.3, -0.25) is 14.3 Å². The van der Waals surface area contributed by atoms with E-state index in [-0.39, 0.29) is 24.8 Å². The Hall–Kier alpha value is -2.72. The highest BCUT2D eigenvalue weighted by atomic mass is 32.2. The van der Waals surface area contributed by atoms with Crippen molar-refractivity contribution < 1.29 is 23.1 Å². The maximum atomic E-state index is 12.6. The third-order valence-corrected chi connectivity index (χ3v) is 5.69. The van der Waals surface area contributed by atoms with Gasteiger partial charge in [-0.05, 0) is 17.5 Å². The van der Waals surface area contributed by atoms with E-state index in [9.17, 15) is 18.0 Å². The predicted molar refractivity (Wildman–Crippen MR) is 107 cm³/mol. The summed E-state index contributed by atoms with van der Waals surface area (Å²) in [6.45, 7) is 0. The van der Waals surface area contributed by atoms with Crippen LogP contribution in [0, 0.1) is 0 Å². The van der Waals surface area contributed by atoms with Crippen molar-refractivity contribution in [2.45, 2.75) is 25.3 Å². The molecule has 0 aliphatic carbocycles. The second-order valence-electron chi connectivity index (χ2n) is 6.33. The number of hydrogen-bond donors (Lipinski definition) is 2. The van der Waals surface area contributed by atoms with E-state index in [1.165, 1.54) is 16.3 Å². The van der Waals surface area contributed by atoms with Crippen molar-refractivity contribution >= 4 is 44.6 Å². The van der Waals surface area contributed by atoms with Crippen molar-refractivity contribution in [3.8, 4) is 0 Å². The molecule has 0 saturated heterocycles. The molecule has 1 unspecified atom stereocenters. The van der Waals surface area contributed by atoms with Crippen LogP contribution in [0.5, 0.6) is 0 Å². The van der Waals surface area contributed by atoms with Gasteiger partial charge in [-0.1, -0.05) is 24.3 Å². The number of carbonyl (C=O) groups excluding carboxylic acids is 1. The van der Waals surface area contributed by atoms with Crippen molar-refractivity contribution in [3.05, 3.63) is 52.2 Å². The zero-order valence-corrected chi connectivity index (χ0v) is 16.7. The van der Waals surface area contributed by atoms with Crippen LogP contribution in [-0.4, -0.2) is 42.4 Å². The van der Waals surface area contributed by atoms with Crippen LogP contribution >= 0.6 is 11.3 Å². The van der Waals surface area contributed by atoms with E-state index in [0.29, 0.717) is 23.4 Å². The minimum atomic E-state index is -3.48. The van der Waals surface area contributed by atoms with Crippen LogP contribution in [0.15, 0.2) is 46.9 Å². The molecule has 148 valence electrons. The highest BCUT2D eigenvalue weighted by molar-refractivity contribution is 7.92. The second-order valence-corrected chi connectivity index (χ2v) is 9.06. The van der Waals surface area contributed by atoms with Crippen molar-refractivity contribution in [1.82, 2.24) is 5.01 Å². The maximum absolute atomic E-state index is 12.6. The average Bonchev–Trinajstić information content (AvgIpc) is 3.28. The Labute approximate surface area is 166 Å². The lowest BCUT2D eigenvalue weighted by atomic mass is 10.0. The summed E-state index contributed by atoms with van der Waals surface area (Å²) >= 11 is 1.48. The molecule has 3 rings (SSSR count). The summed E-state index contributed by atoms with van der Waals surface area (Å²) in [6.07, 6.45) is 1.04. The van der Waals surface area contributed by atoms with Gasteiger partial charge in [0.1, 0.15) is 0 Å². The first-order valence-corrected chi connectivity index (χ1v) is 11.2. The SMILES string of the molecule is CS(=O)(=O)Nc1ccccc1C1=NN(C(=O)CCC(=O)O)C(c2cccs2)C1. The number of benzene rings is 1. The van der Waals surface area contributed by atoms with Gasteiger partial charge in [-0.2, -0.15) is 5.10 Å². The molecule has 1 aromatic heterocycles. The van der Waals surface area contributed by atoms with Gasteiger partial charge < -0.3 is 5.11 Å². The van der Waals surface area contributed by atoms with Crippen LogP contribution in [0.25, 0.3) is 0 Å². The number of carboxylic acid groups (broad SMARTS) is 1. The number of para-hydroxylation sites is 1. The highest BCUT2D eigenvalue weighted by Crippen LogP contribution is 2.37. The fourth-order valence-corrected chi connectivity index (χ4v) is 4.35. The summed E-state index contributed by atoms with van der Waals surface area (Å²) < 4.78 is 25.8. The predicted octanol–water partition coefficient (Wildman–Crippen LogP) is 2.66. The smallest absolute Gasteiger partial charge is 0.303 e. The topological polar surface area (TPSA) is 116 Å². The van der Waals surface area contributed by atoms with Gasteiger partial charge in [0.25, 0.3) is 0 Å². The van der Waals surface area contributed by atoms with Crippen molar-refractivity contribution in [1.29, 1.82) is 0 Å². The van der Waals surface area contributed by atoms with E-state index in [2.05, 4.69) is 9.82 Å². The number of hydrazone groups is 1. The van der Waals surface area contributed by atoms with Gasteiger partial charge in [0.2, 0.25) is 15.9 Å². The summed E-state index contributed by atoms with van der Waals surface area (Å²) in [6, 6.07) is 10.3. The van der Waals surface area contributed by atoms with Crippen LogP contribution in [0.1, 0.15) is 35.7 Å². The third kappa shape index (κ3) is 4.76. The number of carbonyl (C=O) groups is 2. The summed E-state index contributed by atoms with van der Waals surface area (Å²) in [4.78, 5) is 24.3. The summed E-state index contributed by atoms with van der Waals surface area (Å²) in [5, 5.41) is 16.5. The molecule has 0 fully saturated rings. The van der Waals surface area contributed by atoms with E-state index < -0.39 is 16.0 Å². The van der Waals surface area contributed by atoms with E-state index in [0.717, 1.165) is 11.1 Å². The first-order valence-electron chi connectivity index (χ1n) is 8.46. The van der Waals surface area contributed by atoms with Gasteiger partial charge in [0, 0.05) is 23.3 Å². The van der Waals surface area contributed by atoms with Crippen LogP contribution in [-0.2, 0) is 19.6 Å². The Balaban J connectivity index is 1.95. The maximum Gasteiger partial charge on any atom is 0.303 e. The number of sulfonamides is 1. The number of nitrogens with zero attached hydrogens (tertiary/aromatic N) is 2. The monoisotopic (exact) mass is 421 g/mol. The quantitative estimate of drug-likeness (QED) is 0.713. The van der Waals surface area contributed by atoms with Crippen LogP contribution in [0.2, 0.25) is 0 Å². The van der Waals surface area contributed by atoms with Gasteiger partial charge in [-0.25, -0.2) is 13.4 Å². The van der Waals surface area contributed by atoms with E-state index in [1.54, 1.807) is 24.3 Å². The summed E-state index contributed by atoms with van der Waals surface area (Å²) in [7, 11) is -3.48. The minimum absolute atomic E-state index is 0.156. The zero-order valence-electron chi connectivity index (χ0n) is 15.0. The molecule has 2 heterocycles. The van der Waals surface area contributed by atoms with Crippen molar-refractivity contribution in [3.63, 3.8) is 0 Å². The Morgan fingerprint density at radius 2 is 2.00 bits per heavy atom. The Morgan fingerprint density at radius 1 is 1.25 bits per heavy atom. The fraction of sp³-hybridized carbons (Fsp3) is 0.278. The molecule has 0 radical (unpaired) electrons. The number of nitrogens with one attached hydrogen (secondary N) is 1. The number of aliphatic carboxylic acids is 1. The second kappa shape index (κ2) is 8.11. The van der Waals surface area contributed by atoms with Crippen molar-refractivity contribution in [2.75, 3.05) is 11.0 Å². The molecule has 1 amide bonds. The number of anilines is 1. The lowest BCUT2D eigenvalue weighted by Gasteiger charge is -2.20. The van der Waals surface area contributed by atoms with Gasteiger partial charge >= 0.3 is 5.97 Å². The fourth-order valence-electron chi connectivity index (χ4n) is 2.96. The van der Waals surface area contributed by atoms with Crippen LogP contribution in [0.3, 0.4) is 0 Å². The molecule has 1 aliphatic heterocycles. The molecular weight excluding hydrogens is 402 g/mol. The van der Waals surface area contributed by atoms with Crippen LogP contribution in [0.4, 0.5) is 5.69 Å². The molecule has 0 saturated carbocycles. The lowest BCUT2D eigenvalue weighted by Crippen LogP contribution is -2.26. The van der Waals surface area contributed by atoms with Gasteiger partial charge in [-0.15, -0.1) is 11.3 Å². The molecule has 1 atom stereocenters. The van der Waals surface area contributed by atoms with E-state index >= 15 is 0 Å². The molecular formula is C18H19N3O5S2. The Morgan fingerprint density at radius 3 is 2.64 bits per heavy atom. The molecule has 0 spiro atoms. The lowest BCUT2D eigenvalue weighted by molar-refractivity contribution is -0.141. The first kappa shape index (κ1) is 20.0. The van der Waals surface area contributed by atoms with Gasteiger partial charge in [0.05, 0.1) is 30.1 Å². The summed E-state index contributed by atoms with van der Waals surface area (Å²) in [5.74, 6) is -1.43. The minimum Gasteiger partial charge on any atom is -0.481 e. The van der Waals surface area contributed by atoms with Crippen molar-refractivity contribution in [2.24, 2.45) is 5.10 Å². The molecule has 1 aromatic carbocycles. The standard InChI is InChI=1S/C18H19N3O5S2/c1-28(25,26)20-13-6-3-2-5-12(13)14-11-15(16-7-4-10-27-16)21(19-14)17(22)8-9-18(23)24/h2-7,10,15,20H,8-9,11H2,1H3,(H,23,24). The Kier molecular flexibility index (Phi) is 5.80. The number of carboxylic acids is 1. The molecule has 28 heavy (non-hydrogen) atoms. The number of hydrogen-bond acceptors (Lipinski definition) is 6. The molecule has 2 aromatic rings. The highest BCUT2D eigenvalue weighted by Gasteiger charge is 2.34. The van der Waals surface area contributed by atoms with Gasteiger partial charge in [0.15, 0.2) is 0 Å². The number of thiophene rings is 1. The number of rotatable bonds is 7. The molecule has 8 nitrogen and oxygen atoms in total. The Bertz CT molecular complexity index is 1020. The van der Waals surface area contributed by atoms with E-state index in [1.807, 2.05) is 17.5 Å². The zero-order chi connectivity index (χ0) is 20.3. The average molecular weight is 422 g/mol. The molecule has 0 bridgehead atoms. The number of amides is 1. The van der Waals surface area contributed by atoms with Crippen LogP contribution < -0.4 is 4.72 Å². The molecule has 2 N–H and O–H groups in total. The summed E-state index contributed by atoms with van der Waals surface area (Å²) in [5.41, 5.74) is 1.53. The normalized spacial score (nSPS) is 16.7. The largest absolute Gasteiger partial charge is 0.481 e. The first-order chi connectivity index (χ1) is 13.2. The third-order valence-electron chi connectivity index (χ3n) is 4.12. The van der Waals surface area contributed by atoms with E-state index in [4.69, 9.17) is 5.11 Å². The molecule has 1 aliphatic rings. The molecule has 10 heteroatoms.